The van der Waals surface area contributed by atoms with Gasteiger partial charge < -0.3 is 24.8 Å². The Morgan fingerprint density at radius 3 is 2.61 bits per heavy atom. The molecule has 0 unspecified atom stereocenters. The van der Waals surface area contributed by atoms with Crippen LogP contribution in [-0.4, -0.2) is 49.7 Å². The zero-order valence-electron chi connectivity index (χ0n) is 18.4. The SMILES string of the molecule is CCOc1ccc2[nH]c(=O)c(CN(CC[NH+](C)C)C(=O)NCc3ccccc3)cc2c1. The van der Waals surface area contributed by atoms with E-state index in [0.717, 1.165) is 28.8 Å². The molecule has 0 saturated carbocycles. The van der Waals surface area contributed by atoms with Crippen LogP contribution in [0.2, 0.25) is 0 Å². The Hall–Kier alpha value is -3.32. The maximum Gasteiger partial charge on any atom is 0.318 e. The van der Waals surface area contributed by atoms with Crippen molar-refractivity contribution in [1.29, 1.82) is 0 Å². The number of H-pyrrole nitrogens is 1. The van der Waals surface area contributed by atoms with Crippen molar-refractivity contribution in [3.05, 3.63) is 76.1 Å². The van der Waals surface area contributed by atoms with Crippen LogP contribution in [0.3, 0.4) is 0 Å². The van der Waals surface area contributed by atoms with Crippen molar-refractivity contribution < 1.29 is 14.4 Å². The van der Waals surface area contributed by atoms with E-state index in [2.05, 4.69) is 10.3 Å². The lowest BCUT2D eigenvalue weighted by molar-refractivity contribution is -0.857. The molecular formula is C24H31N4O3+. The lowest BCUT2D eigenvalue weighted by Crippen LogP contribution is -3.06. The molecule has 0 atom stereocenters. The lowest BCUT2D eigenvalue weighted by atomic mass is 10.1. The van der Waals surface area contributed by atoms with E-state index in [-0.39, 0.29) is 18.1 Å². The number of hydrogen-bond donors (Lipinski definition) is 3. The molecule has 0 spiro atoms. The van der Waals surface area contributed by atoms with Crippen LogP contribution in [-0.2, 0) is 13.1 Å². The largest absolute Gasteiger partial charge is 0.494 e. The number of aromatic nitrogens is 1. The quantitative estimate of drug-likeness (QED) is 0.491. The Kier molecular flexibility index (Phi) is 7.67. The van der Waals surface area contributed by atoms with Gasteiger partial charge >= 0.3 is 6.03 Å². The Morgan fingerprint density at radius 1 is 1.13 bits per heavy atom. The molecule has 0 aliphatic heterocycles. The van der Waals surface area contributed by atoms with Crippen LogP contribution in [0.15, 0.2) is 59.4 Å². The molecule has 1 aromatic heterocycles. The number of carbonyl (C=O) groups is 1. The van der Waals surface area contributed by atoms with Crippen LogP contribution in [0.5, 0.6) is 5.75 Å². The van der Waals surface area contributed by atoms with E-state index in [1.807, 2.05) is 75.6 Å². The summed E-state index contributed by atoms with van der Waals surface area (Å²) in [5.74, 6) is 0.752. The highest BCUT2D eigenvalue weighted by Crippen LogP contribution is 2.19. The van der Waals surface area contributed by atoms with Gasteiger partial charge in [0.1, 0.15) is 5.75 Å². The minimum Gasteiger partial charge on any atom is -0.494 e. The minimum atomic E-state index is -0.187. The summed E-state index contributed by atoms with van der Waals surface area (Å²) in [5, 5.41) is 3.85. The molecule has 3 rings (SSSR count). The first-order chi connectivity index (χ1) is 15.0. The van der Waals surface area contributed by atoms with Gasteiger partial charge in [-0.15, -0.1) is 0 Å². The standard InChI is InChI=1S/C24H30N4O3/c1-4-31-21-10-11-22-19(15-21)14-20(23(29)26-22)17-28(13-12-27(2)3)24(30)25-16-18-8-6-5-7-9-18/h5-11,14-15H,4,12-13,16-17H2,1-3H3,(H,25,30)(H,26,29)/p+1. The highest BCUT2D eigenvalue weighted by molar-refractivity contribution is 5.81. The number of nitrogens with one attached hydrogen (secondary N) is 3. The summed E-state index contributed by atoms with van der Waals surface area (Å²) in [4.78, 5) is 31.4. The number of rotatable bonds is 9. The van der Waals surface area contributed by atoms with Gasteiger partial charge in [-0.1, -0.05) is 30.3 Å². The number of ether oxygens (including phenoxy) is 1. The number of urea groups is 1. The molecule has 0 radical (unpaired) electrons. The molecule has 7 nitrogen and oxygen atoms in total. The third-order valence-corrected chi connectivity index (χ3v) is 5.02. The predicted octanol–water partition coefficient (Wildman–Crippen LogP) is 1.78. The number of benzene rings is 2. The molecule has 31 heavy (non-hydrogen) atoms. The van der Waals surface area contributed by atoms with Crippen molar-refractivity contribution in [2.75, 3.05) is 33.8 Å². The molecule has 0 fully saturated rings. The average molecular weight is 424 g/mol. The van der Waals surface area contributed by atoms with Crippen molar-refractivity contribution >= 4 is 16.9 Å². The van der Waals surface area contributed by atoms with Gasteiger partial charge in [0.2, 0.25) is 0 Å². The molecule has 1 heterocycles. The van der Waals surface area contributed by atoms with Crippen molar-refractivity contribution in [3.8, 4) is 5.75 Å². The van der Waals surface area contributed by atoms with Gasteiger partial charge in [-0.2, -0.15) is 0 Å². The Morgan fingerprint density at radius 2 is 1.90 bits per heavy atom. The van der Waals surface area contributed by atoms with E-state index in [4.69, 9.17) is 4.74 Å². The average Bonchev–Trinajstić information content (AvgIpc) is 2.76. The molecule has 2 aromatic carbocycles. The van der Waals surface area contributed by atoms with Crippen LogP contribution in [0.25, 0.3) is 10.9 Å². The van der Waals surface area contributed by atoms with E-state index in [0.29, 0.717) is 25.3 Å². The third kappa shape index (κ3) is 6.33. The molecular weight excluding hydrogens is 392 g/mol. The third-order valence-electron chi connectivity index (χ3n) is 5.02. The summed E-state index contributed by atoms with van der Waals surface area (Å²) < 4.78 is 5.57. The number of carbonyl (C=O) groups excluding carboxylic acids is 1. The van der Waals surface area contributed by atoms with Crippen LogP contribution >= 0.6 is 0 Å². The fourth-order valence-corrected chi connectivity index (χ4v) is 3.31. The summed E-state index contributed by atoms with van der Waals surface area (Å²) >= 11 is 0. The zero-order chi connectivity index (χ0) is 22.2. The van der Waals surface area contributed by atoms with Gasteiger partial charge in [0, 0.05) is 23.0 Å². The number of nitrogens with zero attached hydrogens (tertiary/aromatic N) is 1. The number of fused-ring (bicyclic) bond motifs is 1. The van der Waals surface area contributed by atoms with E-state index < -0.39 is 0 Å². The maximum absolute atomic E-state index is 12.9. The first kappa shape index (κ1) is 22.4. The Balaban J connectivity index is 1.80. The molecule has 164 valence electrons. The van der Waals surface area contributed by atoms with Crippen molar-refractivity contribution in [3.63, 3.8) is 0 Å². The van der Waals surface area contributed by atoms with E-state index >= 15 is 0 Å². The molecule has 3 aromatic rings. The lowest BCUT2D eigenvalue weighted by Gasteiger charge is -2.23. The van der Waals surface area contributed by atoms with Gasteiger partial charge in [0.25, 0.3) is 5.56 Å². The fourth-order valence-electron chi connectivity index (χ4n) is 3.31. The van der Waals surface area contributed by atoms with Crippen LogP contribution < -0.4 is 20.5 Å². The number of amides is 2. The predicted molar refractivity (Wildman–Crippen MR) is 123 cm³/mol. The van der Waals surface area contributed by atoms with Crippen LogP contribution in [0.4, 0.5) is 4.79 Å². The second kappa shape index (κ2) is 10.6. The van der Waals surface area contributed by atoms with E-state index in [1.54, 1.807) is 4.90 Å². The second-order valence-electron chi connectivity index (χ2n) is 7.83. The van der Waals surface area contributed by atoms with Crippen molar-refractivity contribution in [2.24, 2.45) is 0 Å². The van der Waals surface area contributed by atoms with E-state index in [9.17, 15) is 9.59 Å². The molecule has 0 aliphatic rings. The summed E-state index contributed by atoms with van der Waals surface area (Å²) in [7, 11) is 4.08. The molecule has 7 heteroatoms. The number of hydrogen-bond acceptors (Lipinski definition) is 3. The molecule has 0 saturated heterocycles. The normalized spacial score (nSPS) is 11.0. The fraction of sp³-hybridized carbons (Fsp3) is 0.333. The zero-order valence-corrected chi connectivity index (χ0v) is 18.4. The first-order valence-electron chi connectivity index (χ1n) is 10.6. The number of aromatic amines is 1. The Labute approximate surface area is 182 Å². The molecule has 0 bridgehead atoms. The van der Waals surface area contributed by atoms with Crippen LogP contribution in [0, 0.1) is 0 Å². The van der Waals surface area contributed by atoms with Gasteiger partial charge in [0.05, 0.1) is 40.3 Å². The van der Waals surface area contributed by atoms with Crippen molar-refractivity contribution in [1.82, 2.24) is 15.2 Å². The monoisotopic (exact) mass is 423 g/mol. The summed E-state index contributed by atoms with van der Waals surface area (Å²) in [6, 6.07) is 17.0. The molecule has 2 amide bonds. The highest BCUT2D eigenvalue weighted by atomic mass is 16.5. The first-order valence-corrected chi connectivity index (χ1v) is 10.6. The van der Waals surface area contributed by atoms with Gasteiger partial charge in [0.15, 0.2) is 0 Å². The smallest absolute Gasteiger partial charge is 0.318 e. The maximum atomic E-state index is 12.9. The summed E-state index contributed by atoms with van der Waals surface area (Å²) in [6.07, 6.45) is 0. The number of pyridine rings is 1. The Bertz CT molecular complexity index is 1060. The summed E-state index contributed by atoms with van der Waals surface area (Å²) in [6.45, 7) is 4.50. The van der Waals surface area contributed by atoms with Crippen LogP contribution in [0.1, 0.15) is 18.1 Å². The highest BCUT2D eigenvalue weighted by Gasteiger charge is 2.17. The van der Waals surface area contributed by atoms with Gasteiger partial charge in [-0.05, 0) is 36.8 Å². The number of likely N-dealkylation sites (N-methyl/N-ethyl adjacent to an activating group) is 1. The summed E-state index contributed by atoms with van der Waals surface area (Å²) in [5.41, 5.74) is 2.13. The number of quaternary nitrogens is 1. The van der Waals surface area contributed by atoms with Gasteiger partial charge in [-0.3, -0.25) is 4.79 Å². The minimum absolute atomic E-state index is 0.185. The van der Waals surface area contributed by atoms with Crippen molar-refractivity contribution in [2.45, 2.75) is 20.0 Å². The second-order valence-corrected chi connectivity index (χ2v) is 7.83. The molecule has 3 N–H and O–H groups in total. The van der Waals surface area contributed by atoms with E-state index in [1.165, 1.54) is 4.90 Å². The van der Waals surface area contributed by atoms with Gasteiger partial charge in [-0.25, -0.2) is 4.79 Å². The topological polar surface area (TPSA) is 78.9 Å². The molecule has 0 aliphatic carbocycles.